The first-order chi connectivity index (χ1) is 15.3. The average Bonchev–Trinajstić information content (AvgIpc) is 2.56. The summed E-state index contributed by atoms with van der Waals surface area (Å²) in [6.07, 6.45) is -3.02. The van der Waals surface area contributed by atoms with Crippen molar-refractivity contribution in [3.63, 3.8) is 0 Å². The summed E-state index contributed by atoms with van der Waals surface area (Å²) in [5.74, 6) is -0.496. The van der Waals surface area contributed by atoms with E-state index in [9.17, 15) is 19.5 Å². The van der Waals surface area contributed by atoms with E-state index < -0.39 is 34.9 Å². The van der Waals surface area contributed by atoms with Gasteiger partial charge in [0.1, 0.15) is 11.2 Å². The van der Waals surface area contributed by atoms with Gasteiger partial charge in [-0.25, -0.2) is 24.4 Å². The van der Waals surface area contributed by atoms with Crippen LogP contribution in [0.2, 0.25) is 0 Å². The number of hydrogen-bond donors (Lipinski definition) is 1. The standard InChI is InChI=1S/C23H36N4O7/c1-21(2,3)15-14(13-11-26(12-13)18(28)29)24-16(17(25-15)32-10)27(19(30)33-22(4,5)6)20(31)34-23(7,8)9/h13H,11-12H2,1-10H3,(H,28,29). The quantitative estimate of drug-likeness (QED) is 0.662. The fourth-order valence-electron chi connectivity index (χ4n) is 3.21. The Balaban J connectivity index is 2.68. The third kappa shape index (κ3) is 6.48. The molecule has 0 aromatic carbocycles. The third-order valence-electron chi connectivity index (χ3n) is 4.68. The molecule has 3 amide bonds. The number of carbonyl (C=O) groups excluding carboxylic acids is 2. The highest BCUT2D eigenvalue weighted by Crippen LogP contribution is 2.38. The normalized spacial score (nSPS) is 14.8. The number of amides is 3. The molecule has 11 heteroatoms. The summed E-state index contributed by atoms with van der Waals surface area (Å²) in [4.78, 5) is 48.7. The SMILES string of the molecule is COc1nc(C(C)(C)C)c(C2CN(C(=O)O)C2)nc1N(C(=O)OC(C)(C)C)C(=O)OC(C)(C)C. The molecule has 1 saturated heterocycles. The van der Waals surface area contributed by atoms with Crippen molar-refractivity contribution in [1.29, 1.82) is 0 Å². The summed E-state index contributed by atoms with van der Waals surface area (Å²) >= 11 is 0. The lowest BCUT2D eigenvalue weighted by molar-refractivity contribution is 0.0427. The number of anilines is 1. The Morgan fingerprint density at radius 3 is 1.74 bits per heavy atom. The Kier molecular flexibility index (Phi) is 7.39. The monoisotopic (exact) mass is 480 g/mol. The number of carbonyl (C=O) groups is 3. The maximum Gasteiger partial charge on any atom is 0.425 e. The molecule has 1 aromatic heterocycles. The van der Waals surface area contributed by atoms with Gasteiger partial charge >= 0.3 is 18.3 Å². The second-order valence-electron chi connectivity index (χ2n) is 11.2. The maximum absolute atomic E-state index is 13.1. The molecule has 1 N–H and O–H groups in total. The number of imide groups is 1. The molecule has 1 aromatic rings. The molecule has 1 aliphatic rings. The summed E-state index contributed by atoms with van der Waals surface area (Å²) in [5, 5.41) is 9.25. The number of rotatable bonds is 3. The lowest BCUT2D eigenvalue weighted by Crippen LogP contribution is -2.49. The van der Waals surface area contributed by atoms with Crippen molar-refractivity contribution in [2.75, 3.05) is 25.1 Å². The van der Waals surface area contributed by atoms with Crippen molar-refractivity contribution >= 4 is 24.1 Å². The lowest BCUT2D eigenvalue weighted by Gasteiger charge is -2.39. The summed E-state index contributed by atoms with van der Waals surface area (Å²) < 4.78 is 16.3. The molecule has 0 aliphatic carbocycles. The van der Waals surface area contributed by atoms with Gasteiger partial charge < -0.3 is 24.2 Å². The van der Waals surface area contributed by atoms with Gasteiger partial charge in [-0.05, 0) is 41.5 Å². The van der Waals surface area contributed by atoms with E-state index in [1.165, 1.54) is 12.0 Å². The highest BCUT2D eigenvalue weighted by Gasteiger charge is 2.41. The zero-order chi connectivity index (χ0) is 26.2. The zero-order valence-corrected chi connectivity index (χ0v) is 21.7. The van der Waals surface area contributed by atoms with E-state index in [1.54, 1.807) is 41.5 Å². The van der Waals surface area contributed by atoms with Gasteiger partial charge in [0.05, 0.1) is 18.5 Å². The highest BCUT2D eigenvalue weighted by molar-refractivity contribution is 6.09. The van der Waals surface area contributed by atoms with Crippen LogP contribution in [0.15, 0.2) is 0 Å². The van der Waals surface area contributed by atoms with Gasteiger partial charge in [-0.2, -0.15) is 4.90 Å². The van der Waals surface area contributed by atoms with Crippen LogP contribution in [0.4, 0.5) is 20.2 Å². The highest BCUT2D eigenvalue weighted by atomic mass is 16.6. The third-order valence-corrected chi connectivity index (χ3v) is 4.68. The van der Waals surface area contributed by atoms with Crippen LogP contribution in [0.25, 0.3) is 0 Å². The van der Waals surface area contributed by atoms with E-state index in [4.69, 9.17) is 14.2 Å². The van der Waals surface area contributed by atoms with Crippen molar-refractivity contribution < 1.29 is 33.7 Å². The molecular formula is C23H36N4O7. The number of hydrogen-bond acceptors (Lipinski definition) is 8. The number of nitrogens with zero attached hydrogens (tertiary/aromatic N) is 4. The first kappa shape index (κ1) is 27.1. The molecule has 1 aliphatic heterocycles. The van der Waals surface area contributed by atoms with Gasteiger partial charge in [-0.15, -0.1) is 0 Å². The minimum absolute atomic E-state index is 0.0557. The minimum atomic E-state index is -1.03. The first-order valence-electron chi connectivity index (χ1n) is 11.0. The molecule has 0 radical (unpaired) electrons. The molecule has 34 heavy (non-hydrogen) atoms. The predicted octanol–water partition coefficient (Wildman–Crippen LogP) is 4.54. The van der Waals surface area contributed by atoms with Crippen LogP contribution < -0.4 is 9.64 Å². The Bertz CT molecular complexity index is 924. The van der Waals surface area contributed by atoms with Crippen LogP contribution in [0.3, 0.4) is 0 Å². The smallest absolute Gasteiger partial charge is 0.425 e. The lowest BCUT2D eigenvalue weighted by atomic mass is 9.84. The van der Waals surface area contributed by atoms with Crippen molar-refractivity contribution in [3.8, 4) is 5.88 Å². The Morgan fingerprint density at radius 1 is 0.912 bits per heavy atom. The Hall–Kier alpha value is -3.11. The minimum Gasteiger partial charge on any atom is -0.478 e. The van der Waals surface area contributed by atoms with Crippen LogP contribution in [0, 0.1) is 0 Å². The van der Waals surface area contributed by atoms with Crippen LogP contribution in [0.1, 0.15) is 79.6 Å². The number of carboxylic acid groups (broad SMARTS) is 1. The molecule has 11 nitrogen and oxygen atoms in total. The molecule has 0 saturated carbocycles. The van der Waals surface area contributed by atoms with E-state index in [-0.39, 0.29) is 30.7 Å². The predicted molar refractivity (Wildman–Crippen MR) is 125 cm³/mol. The molecular weight excluding hydrogens is 444 g/mol. The van der Waals surface area contributed by atoms with E-state index in [1.807, 2.05) is 20.8 Å². The van der Waals surface area contributed by atoms with Crippen LogP contribution in [-0.2, 0) is 14.9 Å². The average molecular weight is 481 g/mol. The van der Waals surface area contributed by atoms with E-state index in [2.05, 4.69) is 9.97 Å². The summed E-state index contributed by atoms with van der Waals surface area (Å²) in [6.45, 7) is 16.3. The van der Waals surface area contributed by atoms with Gasteiger partial charge in [0.2, 0.25) is 5.82 Å². The van der Waals surface area contributed by atoms with Gasteiger partial charge in [-0.3, -0.25) is 0 Å². The number of likely N-dealkylation sites (tertiary alicyclic amines) is 1. The van der Waals surface area contributed by atoms with Crippen LogP contribution in [-0.4, -0.2) is 69.7 Å². The summed E-state index contributed by atoms with van der Waals surface area (Å²) in [6, 6.07) is 0. The van der Waals surface area contributed by atoms with Crippen LogP contribution >= 0.6 is 0 Å². The fraction of sp³-hybridized carbons (Fsp3) is 0.696. The van der Waals surface area contributed by atoms with E-state index in [0.29, 0.717) is 16.3 Å². The topological polar surface area (TPSA) is 131 Å². The second kappa shape index (κ2) is 9.27. The first-order valence-corrected chi connectivity index (χ1v) is 11.0. The molecule has 2 heterocycles. The largest absolute Gasteiger partial charge is 0.478 e. The maximum atomic E-state index is 13.1. The van der Waals surface area contributed by atoms with Gasteiger partial charge in [0, 0.05) is 24.4 Å². The summed E-state index contributed by atoms with van der Waals surface area (Å²) in [5.41, 5.74) is -1.21. The molecule has 0 unspecified atom stereocenters. The van der Waals surface area contributed by atoms with Crippen molar-refractivity contribution in [1.82, 2.24) is 14.9 Å². The second-order valence-corrected chi connectivity index (χ2v) is 11.2. The van der Waals surface area contributed by atoms with Crippen molar-refractivity contribution in [2.45, 2.75) is 84.8 Å². The molecule has 0 bridgehead atoms. The molecule has 0 atom stereocenters. The van der Waals surface area contributed by atoms with E-state index >= 15 is 0 Å². The van der Waals surface area contributed by atoms with Crippen LogP contribution in [0.5, 0.6) is 5.88 Å². The number of methoxy groups -OCH3 is 1. The van der Waals surface area contributed by atoms with Crippen molar-refractivity contribution in [3.05, 3.63) is 11.4 Å². The fourth-order valence-corrected chi connectivity index (χ4v) is 3.21. The summed E-state index contributed by atoms with van der Waals surface area (Å²) in [7, 11) is 1.36. The van der Waals surface area contributed by atoms with Gasteiger partial charge in [0.15, 0.2) is 0 Å². The van der Waals surface area contributed by atoms with Gasteiger partial charge in [-0.1, -0.05) is 20.8 Å². The van der Waals surface area contributed by atoms with Crippen molar-refractivity contribution in [2.24, 2.45) is 0 Å². The Morgan fingerprint density at radius 2 is 1.38 bits per heavy atom. The zero-order valence-electron chi connectivity index (χ0n) is 21.7. The molecule has 1 fully saturated rings. The Labute approximate surface area is 200 Å². The molecule has 2 rings (SSSR count). The van der Waals surface area contributed by atoms with E-state index in [0.717, 1.165) is 0 Å². The molecule has 190 valence electrons. The van der Waals surface area contributed by atoms with Gasteiger partial charge in [0.25, 0.3) is 5.88 Å². The number of ether oxygens (including phenoxy) is 3. The molecule has 0 spiro atoms. The number of aromatic nitrogens is 2.